The molecule has 0 aliphatic carbocycles. The number of carbonyl (C=O) groups is 1. The molecule has 0 saturated carbocycles. The van der Waals surface area contributed by atoms with Crippen LogP contribution in [0.5, 0.6) is 0 Å². The summed E-state index contributed by atoms with van der Waals surface area (Å²) in [6, 6.07) is 11.5. The lowest BCUT2D eigenvalue weighted by Crippen LogP contribution is -2.40. The van der Waals surface area contributed by atoms with Gasteiger partial charge in [-0.05, 0) is 76.1 Å². The van der Waals surface area contributed by atoms with Gasteiger partial charge >= 0.3 is 0 Å². The zero-order chi connectivity index (χ0) is 18.8. The summed E-state index contributed by atoms with van der Waals surface area (Å²) < 4.78 is 27.7. The zero-order valence-corrected chi connectivity index (χ0v) is 16.0. The molecule has 2 rings (SSSR count). The average molecular weight is 360 g/mol. The number of hydrogen-bond donors (Lipinski definition) is 2. The first kappa shape index (κ1) is 19.0. The fourth-order valence-corrected chi connectivity index (χ4v) is 3.37. The van der Waals surface area contributed by atoms with Gasteiger partial charge in [-0.15, -0.1) is 0 Å². The smallest absolute Gasteiger partial charge is 0.261 e. The van der Waals surface area contributed by atoms with E-state index in [4.69, 9.17) is 0 Å². The lowest BCUT2D eigenvalue weighted by atomic mass is 10.1. The minimum Gasteiger partial charge on any atom is -0.347 e. The lowest BCUT2D eigenvalue weighted by molar-refractivity contribution is 0.0919. The highest BCUT2D eigenvalue weighted by molar-refractivity contribution is 7.92. The van der Waals surface area contributed by atoms with E-state index in [-0.39, 0.29) is 16.3 Å². The molecule has 0 fully saturated rings. The Bertz CT molecular complexity index is 880. The summed E-state index contributed by atoms with van der Waals surface area (Å²) in [6.45, 7) is 9.41. The number of amides is 1. The van der Waals surface area contributed by atoms with Gasteiger partial charge in [-0.1, -0.05) is 12.1 Å². The van der Waals surface area contributed by atoms with Gasteiger partial charge in [-0.3, -0.25) is 9.52 Å². The second-order valence-corrected chi connectivity index (χ2v) is 8.83. The fraction of sp³-hybridized carbons (Fsp3) is 0.316. The molecule has 0 atom stereocenters. The molecule has 25 heavy (non-hydrogen) atoms. The molecule has 0 aliphatic heterocycles. The molecular formula is C19H24N2O3S. The van der Waals surface area contributed by atoms with Crippen molar-refractivity contribution in [1.82, 2.24) is 5.32 Å². The van der Waals surface area contributed by atoms with Crippen molar-refractivity contribution in [3.05, 3.63) is 59.2 Å². The minimum absolute atomic E-state index is 0.112. The third-order valence-corrected chi connectivity index (χ3v) is 4.93. The Balaban J connectivity index is 2.23. The van der Waals surface area contributed by atoms with Crippen LogP contribution >= 0.6 is 0 Å². The first-order valence-corrected chi connectivity index (χ1v) is 9.49. The number of aryl methyl sites for hydroxylation is 2. The van der Waals surface area contributed by atoms with Crippen molar-refractivity contribution in [2.75, 3.05) is 4.72 Å². The van der Waals surface area contributed by atoms with E-state index in [2.05, 4.69) is 10.0 Å². The predicted molar refractivity (Wildman–Crippen MR) is 100 cm³/mol. The molecule has 0 radical (unpaired) electrons. The molecule has 0 saturated heterocycles. The van der Waals surface area contributed by atoms with Crippen molar-refractivity contribution in [1.29, 1.82) is 0 Å². The van der Waals surface area contributed by atoms with E-state index in [1.54, 1.807) is 6.07 Å². The van der Waals surface area contributed by atoms with E-state index in [1.165, 1.54) is 24.3 Å². The molecule has 1 amide bonds. The third kappa shape index (κ3) is 5.06. The summed E-state index contributed by atoms with van der Waals surface area (Å²) in [7, 11) is -3.71. The lowest BCUT2D eigenvalue weighted by Gasteiger charge is -2.20. The zero-order valence-electron chi connectivity index (χ0n) is 15.2. The van der Waals surface area contributed by atoms with Gasteiger partial charge in [0.15, 0.2) is 0 Å². The van der Waals surface area contributed by atoms with Crippen LogP contribution in [-0.2, 0) is 10.0 Å². The van der Waals surface area contributed by atoms with Crippen molar-refractivity contribution in [3.63, 3.8) is 0 Å². The molecule has 0 heterocycles. The standard InChI is InChI=1S/C19H24N2O3S/c1-13-6-7-14(2)17(12-13)21-25(23,24)16-10-8-15(9-11-16)18(22)20-19(3,4)5/h6-12,21H,1-5H3,(H,20,22). The van der Waals surface area contributed by atoms with Crippen LogP contribution in [0.3, 0.4) is 0 Å². The number of sulfonamides is 1. The van der Waals surface area contributed by atoms with Gasteiger partial charge in [-0.25, -0.2) is 8.42 Å². The maximum absolute atomic E-state index is 12.6. The normalized spacial score (nSPS) is 11.9. The summed E-state index contributed by atoms with van der Waals surface area (Å²) >= 11 is 0. The second-order valence-electron chi connectivity index (χ2n) is 7.15. The monoisotopic (exact) mass is 360 g/mol. The largest absolute Gasteiger partial charge is 0.347 e. The first-order valence-electron chi connectivity index (χ1n) is 8.01. The van der Waals surface area contributed by atoms with Crippen LogP contribution in [0.15, 0.2) is 47.4 Å². The van der Waals surface area contributed by atoms with Gasteiger partial charge < -0.3 is 5.32 Å². The van der Waals surface area contributed by atoms with E-state index in [1.807, 2.05) is 46.8 Å². The van der Waals surface area contributed by atoms with Gasteiger partial charge in [0.2, 0.25) is 0 Å². The molecule has 0 aromatic heterocycles. The van der Waals surface area contributed by atoms with Gasteiger partial charge in [0.05, 0.1) is 10.6 Å². The molecule has 0 spiro atoms. The maximum Gasteiger partial charge on any atom is 0.261 e. The Morgan fingerprint density at radius 1 is 0.960 bits per heavy atom. The number of benzene rings is 2. The second kappa shape index (κ2) is 6.88. The van der Waals surface area contributed by atoms with Crippen LogP contribution in [-0.4, -0.2) is 19.9 Å². The van der Waals surface area contributed by atoms with Gasteiger partial charge in [0, 0.05) is 11.1 Å². The van der Waals surface area contributed by atoms with E-state index in [0.29, 0.717) is 11.3 Å². The Hall–Kier alpha value is -2.34. The summed E-state index contributed by atoms with van der Waals surface area (Å²) in [5.41, 5.74) is 2.43. The summed E-state index contributed by atoms with van der Waals surface area (Å²) in [4.78, 5) is 12.2. The van der Waals surface area contributed by atoms with Crippen LogP contribution in [0, 0.1) is 13.8 Å². The topological polar surface area (TPSA) is 75.3 Å². The number of nitrogens with one attached hydrogen (secondary N) is 2. The molecular weight excluding hydrogens is 336 g/mol. The van der Waals surface area contributed by atoms with E-state index >= 15 is 0 Å². The highest BCUT2D eigenvalue weighted by atomic mass is 32.2. The molecule has 0 bridgehead atoms. The van der Waals surface area contributed by atoms with Gasteiger partial charge in [-0.2, -0.15) is 0 Å². The molecule has 134 valence electrons. The average Bonchev–Trinajstić information content (AvgIpc) is 2.49. The van der Waals surface area contributed by atoms with Gasteiger partial charge in [0.1, 0.15) is 0 Å². The Labute approximate surface area is 149 Å². The van der Waals surface area contributed by atoms with Crippen molar-refractivity contribution in [2.45, 2.75) is 45.1 Å². The molecule has 5 nitrogen and oxygen atoms in total. The Morgan fingerprint density at radius 3 is 2.12 bits per heavy atom. The molecule has 2 aromatic carbocycles. The van der Waals surface area contributed by atoms with Crippen molar-refractivity contribution in [3.8, 4) is 0 Å². The summed E-state index contributed by atoms with van der Waals surface area (Å²) in [5.74, 6) is -0.237. The van der Waals surface area contributed by atoms with Crippen molar-refractivity contribution in [2.24, 2.45) is 0 Å². The number of anilines is 1. The summed E-state index contributed by atoms with van der Waals surface area (Å²) in [5, 5.41) is 2.84. The van der Waals surface area contributed by atoms with Crippen LogP contribution in [0.2, 0.25) is 0 Å². The van der Waals surface area contributed by atoms with E-state index in [9.17, 15) is 13.2 Å². The Kier molecular flexibility index (Phi) is 5.23. The van der Waals surface area contributed by atoms with Gasteiger partial charge in [0.25, 0.3) is 15.9 Å². The molecule has 0 aliphatic rings. The number of rotatable bonds is 4. The highest BCUT2D eigenvalue weighted by Crippen LogP contribution is 2.21. The van der Waals surface area contributed by atoms with Crippen LogP contribution in [0.1, 0.15) is 42.3 Å². The van der Waals surface area contributed by atoms with Crippen LogP contribution in [0.25, 0.3) is 0 Å². The van der Waals surface area contributed by atoms with Crippen LogP contribution < -0.4 is 10.0 Å². The van der Waals surface area contributed by atoms with Crippen molar-refractivity contribution >= 4 is 21.6 Å². The van der Waals surface area contributed by atoms with E-state index in [0.717, 1.165) is 11.1 Å². The number of carbonyl (C=O) groups excluding carboxylic acids is 1. The van der Waals surface area contributed by atoms with Crippen LogP contribution in [0.4, 0.5) is 5.69 Å². The molecule has 2 N–H and O–H groups in total. The molecule has 6 heteroatoms. The molecule has 0 unspecified atom stereocenters. The van der Waals surface area contributed by atoms with E-state index < -0.39 is 10.0 Å². The maximum atomic E-state index is 12.6. The fourth-order valence-electron chi connectivity index (χ4n) is 2.25. The molecule has 2 aromatic rings. The van der Waals surface area contributed by atoms with Crippen molar-refractivity contribution < 1.29 is 13.2 Å². The summed E-state index contributed by atoms with van der Waals surface area (Å²) in [6.07, 6.45) is 0. The first-order chi connectivity index (χ1) is 11.5. The minimum atomic E-state index is -3.71. The number of hydrogen-bond acceptors (Lipinski definition) is 3. The predicted octanol–water partition coefficient (Wildman–Crippen LogP) is 3.63. The third-order valence-electron chi connectivity index (χ3n) is 3.55. The quantitative estimate of drug-likeness (QED) is 0.874. The SMILES string of the molecule is Cc1ccc(C)c(NS(=O)(=O)c2ccc(C(=O)NC(C)(C)C)cc2)c1. The highest BCUT2D eigenvalue weighted by Gasteiger charge is 2.18. The Morgan fingerprint density at radius 2 is 1.56 bits per heavy atom.